The lowest BCUT2D eigenvalue weighted by atomic mass is 10.1. The van der Waals surface area contributed by atoms with Gasteiger partial charge in [-0.15, -0.1) is 0 Å². The van der Waals surface area contributed by atoms with Gasteiger partial charge < -0.3 is 10.6 Å². The molecule has 2 nitrogen and oxygen atoms in total. The third-order valence-electron chi connectivity index (χ3n) is 4.12. The molecule has 2 unspecified atom stereocenters. The van der Waals surface area contributed by atoms with E-state index in [4.69, 9.17) is 5.73 Å². The van der Waals surface area contributed by atoms with Crippen LogP contribution >= 0.6 is 0 Å². The van der Waals surface area contributed by atoms with Gasteiger partial charge in [-0.1, -0.05) is 12.2 Å². The van der Waals surface area contributed by atoms with Gasteiger partial charge in [0, 0.05) is 25.7 Å². The maximum Gasteiger partial charge on any atom is 0.0229 e. The van der Waals surface area contributed by atoms with Gasteiger partial charge in [0.25, 0.3) is 0 Å². The van der Waals surface area contributed by atoms with Gasteiger partial charge in [0.1, 0.15) is 0 Å². The molecule has 3 rings (SSSR count). The Labute approximate surface area is 98.9 Å². The van der Waals surface area contributed by atoms with E-state index >= 15 is 0 Å². The summed E-state index contributed by atoms with van der Waals surface area (Å²) in [7, 11) is 0. The highest BCUT2D eigenvalue weighted by Crippen LogP contribution is 2.34. The third-order valence-corrected chi connectivity index (χ3v) is 4.12. The van der Waals surface area contributed by atoms with Crippen molar-refractivity contribution in [3.63, 3.8) is 0 Å². The van der Waals surface area contributed by atoms with Crippen LogP contribution in [0, 0.1) is 17.8 Å². The Balaban J connectivity index is 1.48. The molecule has 0 spiro atoms. The zero-order valence-electron chi connectivity index (χ0n) is 10.1. The fourth-order valence-corrected chi connectivity index (χ4v) is 2.83. The van der Waals surface area contributed by atoms with E-state index in [1.54, 1.807) is 0 Å². The molecule has 2 saturated carbocycles. The summed E-state index contributed by atoms with van der Waals surface area (Å²) in [6.45, 7) is 3.98. The largest absolute Gasteiger partial charge is 0.324 e. The molecule has 0 aromatic rings. The van der Waals surface area contributed by atoms with Crippen molar-refractivity contribution in [3.8, 4) is 0 Å². The van der Waals surface area contributed by atoms with Crippen LogP contribution in [0.1, 0.15) is 32.1 Å². The fourth-order valence-electron chi connectivity index (χ4n) is 2.83. The van der Waals surface area contributed by atoms with Gasteiger partial charge in [-0.2, -0.15) is 0 Å². The lowest BCUT2D eigenvalue weighted by Gasteiger charge is -2.25. The molecule has 2 heteroatoms. The molecule has 0 aromatic carbocycles. The molecule has 0 bridgehead atoms. The van der Waals surface area contributed by atoms with Gasteiger partial charge in [0.15, 0.2) is 0 Å². The van der Waals surface area contributed by atoms with Crippen LogP contribution in [0.4, 0.5) is 0 Å². The Morgan fingerprint density at radius 2 is 1.56 bits per heavy atom. The highest BCUT2D eigenvalue weighted by atomic mass is 15.1. The monoisotopic (exact) mass is 220 g/mol. The van der Waals surface area contributed by atoms with Gasteiger partial charge in [-0.05, 0) is 49.9 Å². The van der Waals surface area contributed by atoms with Crippen LogP contribution < -0.4 is 5.73 Å². The van der Waals surface area contributed by atoms with Crippen molar-refractivity contribution in [2.75, 3.05) is 19.6 Å². The Morgan fingerprint density at radius 1 is 0.938 bits per heavy atom. The lowest BCUT2D eigenvalue weighted by Crippen LogP contribution is -2.33. The van der Waals surface area contributed by atoms with E-state index in [-0.39, 0.29) is 0 Å². The van der Waals surface area contributed by atoms with Crippen molar-refractivity contribution in [2.24, 2.45) is 23.5 Å². The molecular formula is C14H24N2. The first-order valence-electron chi connectivity index (χ1n) is 6.96. The van der Waals surface area contributed by atoms with Gasteiger partial charge in [-0.25, -0.2) is 0 Å². The highest BCUT2D eigenvalue weighted by Gasteiger charge is 2.30. The maximum atomic E-state index is 5.92. The van der Waals surface area contributed by atoms with Crippen LogP contribution in [0.15, 0.2) is 12.2 Å². The van der Waals surface area contributed by atoms with Crippen LogP contribution in [-0.4, -0.2) is 30.6 Å². The minimum Gasteiger partial charge on any atom is -0.324 e. The first-order chi connectivity index (χ1) is 7.79. The summed E-state index contributed by atoms with van der Waals surface area (Å²) in [4.78, 5) is 2.72. The molecule has 16 heavy (non-hydrogen) atoms. The summed E-state index contributed by atoms with van der Waals surface area (Å²) in [5.41, 5.74) is 5.92. The van der Waals surface area contributed by atoms with Gasteiger partial charge >= 0.3 is 0 Å². The van der Waals surface area contributed by atoms with E-state index in [0.717, 1.165) is 17.8 Å². The summed E-state index contributed by atoms with van der Waals surface area (Å²) in [6, 6.07) is 0.327. The van der Waals surface area contributed by atoms with E-state index in [1.165, 1.54) is 51.7 Å². The Hall–Kier alpha value is -0.340. The molecule has 0 radical (unpaired) electrons. The fraction of sp³-hybridized carbons (Fsp3) is 0.857. The molecule has 0 aliphatic heterocycles. The molecule has 0 heterocycles. The molecule has 0 aromatic heterocycles. The second-order valence-electron chi connectivity index (χ2n) is 6.15. The number of hydrogen-bond donors (Lipinski definition) is 1. The molecule has 2 N–H and O–H groups in total. The second-order valence-corrected chi connectivity index (χ2v) is 6.15. The molecule has 2 atom stereocenters. The smallest absolute Gasteiger partial charge is 0.0229 e. The number of nitrogens with two attached hydrogens (primary N) is 1. The van der Waals surface area contributed by atoms with E-state index in [2.05, 4.69) is 17.1 Å². The Morgan fingerprint density at radius 3 is 2.00 bits per heavy atom. The normalized spacial score (nSPS) is 33.9. The van der Waals surface area contributed by atoms with E-state index in [0.29, 0.717) is 6.04 Å². The summed E-state index contributed by atoms with van der Waals surface area (Å²) in [6.07, 6.45) is 11.6. The average Bonchev–Trinajstić information content (AvgIpc) is 3.13. The number of hydrogen-bond acceptors (Lipinski definition) is 2. The predicted molar refractivity (Wildman–Crippen MR) is 67.1 cm³/mol. The Kier molecular flexibility index (Phi) is 3.03. The van der Waals surface area contributed by atoms with Crippen LogP contribution in [0.3, 0.4) is 0 Å². The predicted octanol–water partition coefficient (Wildman–Crippen LogP) is 2.01. The van der Waals surface area contributed by atoms with Gasteiger partial charge in [0.2, 0.25) is 0 Å². The highest BCUT2D eigenvalue weighted by molar-refractivity contribution is 5.05. The van der Waals surface area contributed by atoms with Crippen LogP contribution in [0.2, 0.25) is 0 Å². The molecule has 3 aliphatic rings. The van der Waals surface area contributed by atoms with Gasteiger partial charge in [-0.3, -0.25) is 0 Å². The zero-order valence-corrected chi connectivity index (χ0v) is 10.1. The van der Waals surface area contributed by atoms with Crippen LogP contribution in [0.5, 0.6) is 0 Å². The van der Waals surface area contributed by atoms with E-state index < -0.39 is 0 Å². The maximum absolute atomic E-state index is 5.92. The minimum atomic E-state index is 0.327. The summed E-state index contributed by atoms with van der Waals surface area (Å²) < 4.78 is 0. The molecule has 0 saturated heterocycles. The SMILES string of the molecule is NC1C=CC(CN(CC2CC2)CC2CC2)C1. The van der Waals surface area contributed by atoms with Crippen molar-refractivity contribution >= 4 is 0 Å². The van der Waals surface area contributed by atoms with Crippen LogP contribution in [0.25, 0.3) is 0 Å². The summed E-state index contributed by atoms with van der Waals surface area (Å²) in [5.74, 6) is 2.78. The summed E-state index contributed by atoms with van der Waals surface area (Å²) >= 11 is 0. The van der Waals surface area contributed by atoms with Crippen molar-refractivity contribution in [2.45, 2.75) is 38.1 Å². The van der Waals surface area contributed by atoms with E-state index in [1.807, 2.05) is 0 Å². The van der Waals surface area contributed by atoms with E-state index in [9.17, 15) is 0 Å². The van der Waals surface area contributed by atoms with Crippen LogP contribution in [-0.2, 0) is 0 Å². The topological polar surface area (TPSA) is 29.3 Å². The molecule has 90 valence electrons. The first-order valence-corrected chi connectivity index (χ1v) is 6.96. The second kappa shape index (κ2) is 4.50. The quantitative estimate of drug-likeness (QED) is 0.694. The molecule has 3 aliphatic carbocycles. The number of nitrogens with zero attached hydrogens (tertiary/aromatic N) is 1. The van der Waals surface area contributed by atoms with Gasteiger partial charge in [0.05, 0.1) is 0 Å². The molecule has 0 amide bonds. The summed E-state index contributed by atoms with van der Waals surface area (Å²) in [5, 5.41) is 0. The molecule has 2 fully saturated rings. The third kappa shape index (κ3) is 3.08. The van der Waals surface area contributed by atoms with Crippen molar-refractivity contribution < 1.29 is 0 Å². The van der Waals surface area contributed by atoms with Crippen molar-refractivity contribution in [1.82, 2.24) is 4.90 Å². The van der Waals surface area contributed by atoms with Crippen molar-refractivity contribution in [3.05, 3.63) is 12.2 Å². The zero-order chi connectivity index (χ0) is 11.0. The minimum absolute atomic E-state index is 0.327. The molecular weight excluding hydrogens is 196 g/mol. The standard InChI is InChI=1S/C14H24N2/c15-14-6-5-13(7-14)10-16(8-11-1-2-11)9-12-3-4-12/h5-6,11-14H,1-4,7-10,15H2. The Bertz CT molecular complexity index is 252. The van der Waals surface area contributed by atoms with Crippen molar-refractivity contribution in [1.29, 1.82) is 0 Å². The first kappa shape index (κ1) is 10.8. The lowest BCUT2D eigenvalue weighted by molar-refractivity contribution is 0.227. The number of rotatable bonds is 6. The average molecular weight is 220 g/mol.